The molecule has 3 rings (SSSR count). The van der Waals surface area contributed by atoms with Crippen molar-refractivity contribution >= 4 is 18.3 Å². The first-order valence-electron chi connectivity index (χ1n) is 8.44. The maximum absolute atomic E-state index is 11.9. The molecule has 0 saturated carbocycles. The molecular formula is C19H24ClN3O2. The van der Waals surface area contributed by atoms with E-state index in [1.165, 1.54) is 0 Å². The van der Waals surface area contributed by atoms with Gasteiger partial charge in [-0.3, -0.25) is 9.59 Å². The maximum atomic E-state index is 11.9. The molecule has 0 bridgehead atoms. The Labute approximate surface area is 153 Å². The van der Waals surface area contributed by atoms with Crippen molar-refractivity contribution in [2.24, 2.45) is 0 Å². The Morgan fingerprint density at radius 1 is 1.16 bits per heavy atom. The van der Waals surface area contributed by atoms with E-state index in [9.17, 15) is 9.59 Å². The summed E-state index contributed by atoms with van der Waals surface area (Å²) in [6, 6.07) is 13.5. The molecule has 1 atom stereocenters. The monoisotopic (exact) mass is 361 g/mol. The number of halogens is 1. The van der Waals surface area contributed by atoms with Crippen molar-refractivity contribution in [2.75, 3.05) is 6.54 Å². The number of aromatic nitrogens is 1. The van der Waals surface area contributed by atoms with E-state index in [4.69, 9.17) is 0 Å². The molecule has 0 spiro atoms. The molecule has 1 saturated heterocycles. The second-order valence-corrected chi connectivity index (χ2v) is 6.26. The SMILES string of the molecule is Cl.O=C(CC1CCCN1)NCc1ccc(Cn2ccccc2=O)cc1. The predicted octanol–water partition coefficient (Wildman–Crippen LogP) is 2.08. The van der Waals surface area contributed by atoms with Crippen LogP contribution in [-0.2, 0) is 17.9 Å². The van der Waals surface area contributed by atoms with E-state index >= 15 is 0 Å². The van der Waals surface area contributed by atoms with E-state index in [1.807, 2.05) is 30.3 Å². The van der Waals surface area contributed by atoms with Crippen molar-refractivity contribution in [3.8, 4) is 0 Å². The molecule has 1 aliphatic rings. The van der Waals surface area contributed by atoms with Gasteiger partial charge in [0.25, 0.3) is 5.56 Å². The number of amides is 1. The Morgan fingerprint density at radius 3 is 2.60 bits per heavy atom. The lowest BCUT2D eigenvalue weighted by molar-refractivity contribution is -0.121. The average molecular weight is 362 g/mol. The minimum absolute atomic E-state index is 0. The lowest BCUT2D eigenvalue weighted by Gasteiger charge is -2.11. The number of benzene rings is 1. The summed E-state index contributed by atoms with van der Waals surface area (Å²) in [6.07, 6.45) is 4.58. The molecule has 1 aromatic carbocycles. The Kier molecular flexibility index (Phi) is 7.22. The van der Waals surface area contributed by atoms with Gasteiger partial charge in [-0.15, -0.1) is 12.4 Å². The first-order chi connectivity index (χ1) is 11.7. The second kappa shape index (κ2) is 9.39. The highest BCUT2D eigenvalue weighted by atomic mass is 35.5. The van der Waals surface area contributed by atoms with Gasteiger partial charge in [-0.25, -0.2) is 0 Å². The van der Waals surface area contributed by atoms with E-state index in [2.05, 4.69) is 10.6 Å². The molecule has 1 amide bonds. The number of pyridine rings is 1. The number of nitrogens with one attached hydrogen (secondary N) is 2. The van der Waals surface area contributed by atoms with E-state index in [0.717, 1.165) is 30.5 Å². The third-order valence-corrected chi connectivity index (χ3v) is 4.36. The zero-order valence-corrected chi connectivity index (χ0v) is 14.9. The Balaban J connectivity index is 0.00000225. The first kappa shape index (κ1) is 19.2. The number of hydrogen-bond acceptors (Lipinski definition) is 3. The molecule has 2 heterocycles. The van der Waals surface area contributed by atoms with Crippen LogP contribution in [0.3, 0.4) is 0 Å². The van der Waals surface area contributed by atoms with E-state index in [-0.39, 0.29) is 23.9 Å². The fourth-order valence-corrected chi connectivity index (χ4v) is 2.98. The van der Waals surface area contributed by atoms with Crippen LogP contribution in [0.4, 0.5) is 0 Å². The minimum atomic E-state index is -0.00522. The maximum Gasteiger partial charge on any atom is 0.250 e. The minimum Gasteiger partial charge on any atom is -0.352 e. The number of nitrogens with zero attached hydrogens (tertiary/aromatic N) is 1. The van der Waals surface area contributed by atoms with Crippen molar-refractivity contribution in [3.63, 3.8) is 0 Å². The molecular weight excluding hydrogens is 338 g/mol. The van der Waals surface area contributed by atoms with Crippen molar-refractivity contribution < 1.29 is 4.79 Å². The average Bonchev–Trinajstić information content (AvgIpc) is 3.09. The summed E-state index contributed by atoms with van der Waals surface area (Å²) < 4.78 is 1.67. The van der Waals surface area contributed by atoms with Gasteiger partial charge >= 0.3 is 0 Å². The summed E-state index contributed by atoms with van der Waals surface area (Å²) in [5, 5.41) is 6.30. The highest BCUT2D eigenvalue weighted by Crippen LogP contribution is 2.09. The van der Waals surface area contributed by atoms with Gasteiger partial charge in [0.05, 0.1) is 6.54 Å². The lowest BCUT2D eigenvalue weighted by atomic mass is 10.1. The van der Waals surface area contributed by atoms with Crippen molar-refractivity contribution in [3.05, 3.63) is 70.1 Å². The molecule has 0 radical (unpaired) electrons. The number of carbonyl (C=O) groups excluding carboxylic acids is 1. The van der Waals surface area contributed by atoms with Crippen molar-refractivity contribution in [1.29, 1.82) is 0 Å². The van der Waals surface area contributed by atoms with Crippen LogP contribution in [0, 0.1) is 0 Å². The fourth-order valence-electron chi connectivity index (χ4n) is 2.98. The molecule has 2 aromatic rings. The summed E-state index contributed by atoms with van der Waals surface area (Å²) in [7, 11) is 0. The van der Waals surface area contributed by atoms with Gasteiger partial charge in [-0.1, -0.05) is 30.3 Å². The highest BCUT2D eigenvalue weighted by Gasteiger charge is 2.17. The van der Waals surface area contributed by atoms with Gasteiger partial charge < -0.3 is 15.2 Å². The standard InChI is InChI=1S/C19H23N3O2.ClH/c23-18(12-17-4-3-10-20-17)21-13-15-6-8-16(9-7-15)14-22-11-2-1-5-19(22)24;/h1-2,5-9,11,17,20H,3-4,10,12-14H2,(H,21,23);1H. The van der Waals surface area contributed by atoms with Gasteiger partial charge in [0, 0.05) is 31.3 Å². The predicted molar refractivity (Wildman–Crippen MR) is 101 cm³/mol. The molecule has 134 valence electrons. The third-order valence-electron chi connectivity index (χ3n) is 4.36. The van der Waals surface area contributed by atoms with Crippen LogP contribution in [-0.4, -0.2) is 23.1 Å². The molecule has 1 aliphatic heterocycles. The topological polar surface area (TPSA) is 63.1 Å². The summed E-state index contributed by atoms with van der Waals surface area (Å²) in [5.41, 5.74) is 2.12. The van der Waals surface area contributed by atoms with E-state index < -0.39 is 0 Å². The normalized spacial score (nSPS) is 16.2. The summed E-state index contributed by atoms with van der Waals surface area (Å²) in [4.78, 5) is 23.6. The highest BCUT2D eigenvalue weighted by molar-refractivity contribution is 5.85. The van der Waals surface area contributed by atoms with Gasteiger partial charge in [-0.2, -0.15) is 0 Å². The number of carbonyl (C=O) groups is 1. The zero-order valence-electron chi connectivity index (χ0n) is 14.1. The number of rotatable bonds is 6. The van der Waals surface area contributed by atoms with E-state index in [0.29, 0.717) is 25.6 Å². The smallest absolute Gasteiger partial charge is 0.250 e. The molecule has 0 aliphatic carbocycles. The second-order valence-electron chi connectivity index (χ2n) is 6.26. The van der Waals surface area contributed by atoms with Crippen LogP contribution in [0.15, 0.2) is 53.5 Å². The van der Waals surface area contributed by atoms with Gasteiger partial charge in [0.1, 0.15) is 0 Å². The molecule has 5 nitrogen and oxygen atoms in total. The van der Waals surface area contributed by atoms with Crippen molar-refractivity contribution in [2.45, 2.75) is 38.4 Å². The van der Waals surface area contributed by atoms with Crippen LogP contribution in [0.5, 0.6) is 0 Å². The lowest BCUT2D eigenvalue weighted by Crippen LogP contribution is -2.31. The summed E-state index contributed by atoms with van der Waals surface area (Å²) in [5.74, 6) is 0.0920. The molecule has 1 fully saturated rings. The van der Waals surface area contributed by atoms with Crippen LogP contribution < -0.4 is 16.2 Å². The Hall–Kier alpha value is -2.11. The molecule has 1 aromatic heterocycles. The third kappa shape index (κ3) is 5.73. The Morgan fingerprint density at radius 2 is 1.92 bits per heavy atom. The summed E-state index contributed by atoms with van der Waals surface area (Å²) in [6.45, 7) is 2.11. The largest absolute Gasteiger partial charge is 0.352 e. The van der Waals surface area contributed by atoms with Crippen molar-refractivity contribution in [1.82, 2.24) is 15.2 Å². The van der Waals surface area contributed by atoms with Gasteiger partial charge in [0.2, 0.25) is 5.91 Å². The fraction of sp³-hybridized carbons (Fsp3) is 0.368. The molecule has 25 heavy (non-hydrogen) atoms. The van der Waals surface area contributed by atoms with Gasteiger partial charge in [0.15, 0.2) is 0 Å². The van der Waals surface area contributed by atoms with Gasteiger partial charge in [-0.05, 0) is 36.6 Å². The number of hydrogen-bond donors (Lipinski definition) is 2. The quantitative estimate of drug-likeness (QED) is 0.828. The van der Waals surface area contributed by atoms with Crippen LogP contribution in [0.2, 0.25) is 0 Å². The zero-order chi connectivity index (χ0) is 16.8. The first-order valence-corrected chi connectivity index (χ1v) is 8.44. The van der Waals surface area contributed by atoms with Crippen LogP contribution in [0.1, 0.15) is 30.4 Å². The summed E-state index contributed by atoms with van der Waals surface area (Å²) >= 11 is 0. The van der Waals surface area contributed by atoms with Crippen LogP contribution in [0.25, 0.3) is 0 Å². The van der Waals surface area contributed by atoms with E-state index in [1.54, 1.807) is 22.9 Å². The van der Waals surface area contributed by atoms with Crippen LogP contribution >= 0.6 is 12.4 Å². The molecule has 2 N–H and O–H groups in total. The molecule has 1 unspecified atom stereocenters. The Bertz CT molecular complexity index is 737. The molecule has 6 heteroatoms.